The lowest BCUT2D eigenvalue weighted by molar-refractivity contribution is -0.385. The lowest BCUT2D eigenvalue weighted by Crippen LogP contribution is -2.19. The minimum atomic E-state index is -0.516. The molecule has 3 aromatic rings. The molecule has 0 unspecified atom stereocenters. The van der Waals surface area contributed by atoms with Crippen molar-refractivity contribution < 1.29 is 14.5 Å². The van der Waals surface area contributed by atoms with Crippen molar-refractivity contribution in [1.29, 1.82) is 0 Å². The van der Waals surface area contributed by atoms with Crippen LogP contribution in [0.2, 0.25) is 0 Å². The summed E-state index contributed by atoms with van der Waals surface area (Å²) in [6, 6.07) is 19.8. The first-order valence-electron chi connectivity index (χ1n) is 9.30. The Morgan fingerprint density at radius 2 is 1.77 bits per heavy atom. The number of amides is 1. The highest BCUT2D eigenvalue weighted by atomic mass is 16.6. The molecule has 7 nitrogen and oxygen atoms in total. The van der Waals surface area contributed by atoms with Crippen molar-refractivity contribution in [2.24, 2.45) is 5.10 Å². The summed E-state index contributed by atoms with van der Waals surface area (Å²) in [4.78, 5) is 22.7. The molecule has 152 valence electrons. The van der Waals surface area contributed by atoms with Crippen LogP contribution in [0.25, 0.3) is 0 Å². The van der Waals surface area contributed by atoms with Crippen LogP contribution >= 0.6 is 0 Å². The van der Waals surface area contributed by atoms with E-state index in [1.165, 1.54) is 36.9 Å². The van der Waals surface area contributed by atoms with Gasteiger partial charge in [0, 0.05) is 11.6 Å². The van der Waals surface area contributed by atoms with Crippen LogP contribution in [-0.2, 0) is 6.61 Å². The quantitative estimate of drug-likeness (QED) is 0.356. The molecule has 0 spiro atoms. The standard InChI is InChI=1S/C23H21N3O4/c1-16-6-8-19(9-7-16)15-30-20-12-10-18(11-13-20)14-24-25-23(27)21-4-3-5-22(17(21)2)26(28)29/h3-14H,15H2,1-2H3,(H,25,27)/b24-14-. The normalized spacial score (nSPS) is 10.7. The second-order valence-corrected chi connectivity index (χ2v) is 6.75. The van der Waals surface area contributed by atoms with Crippen molar-refractivity contribution in [3.05, 3.63) is 105 Å². The lowest BCUT2D eigenvalue weighted by Gasteiger charge is -2.07. The minimum absolute atomic E-state index is 0.104. The van der Waals surface area contributed by atoms with Gasteiger partial charge in [0.1, 0.15) is 12.4 Å². The van der Waals surface area contributed by atoms with E-state index < -0.39 is 10.8 Å². The summed E-state index contributed by atoms with van der Waals surface area (Å²) >= 11 is 0. The van der Waals surface area contributed by atoms with Gasteiger partial charge in [-0.2, -0.15) is 5.10 Å². The van der Waals surface area contributed by atoms with Crippen molar-refractivity contribution in [2.75, 3.05) is 0 Å². The Labute approximate surface area is 174 Å². The number of nitrogens with one attached hydrogen (secondary N) is 1. The van der Waals surface area contributed by atoms with Crippen molar-refractivity contribution in [3.63, 3.8) is 0 Å². The van der Waals surface area contributed by atoms with Crippen LogP contribution in [0, 0.1) is 24.0 Å². The molecule has 0 saturated carbocycles. The summed E-state index contributed by atoms with van der Waals surface area (Å²) < 4.78 is 5.76. The van der Waals surface area contributed by atoms with Gasteiger partial charge in [-0.05, 0) is 55.3 Å². The van der Waals surface area contributed by atoms with Gasteiger partial charge < -0.3 is 4.74 Å². The van der Waals surface area contributed by atoms with Gasteiger partial charge in [-0.3, -0.25) is 14.9 Å². The zero-order valence-corrected chi connectivity index (χ0v) is 16.7. The maximum absolute atomic E-state index is 12.3. The van der Waals surface area contributed by atoms with E-state index in [1.54, 1.807) is 0 Å². The van der Waals surface area contributed by atoms with E-state index in [0.29, 0.717) is 12.2 Å². The molecule has 0 radical (unpaired) electrons. The SMILES string of the molecule is Cc1ccc(COc2ccc(/C=N\NC(=O)c3cccc([N+](=O)[O-])c3C)cc2)cc1. The summed E-state index contributed by atoms with van der Waals surface area (Å²) in [7, 11) is 0. The van der Waals surface area contributed by atoms with E-state index in [9.17, 15) is 14.9 Å². The number of hydrogen-bond donors (Lipinski definition) is 1. The highest BCUT2D eigenvalue weighted by Gasteiger charge is 2.17. The number of carbonyl (C=O) groups excluding carboxylic acids is 1. The second kappa shape index (κ2) is 9.47. The van der Waals surface area contributed by atoms with E-state index in [2.05, 4.69) is 10.5 Å². The maximum Gasteiger partial charge on any atom is 0.273 e. The number of hydrazone groups is 1. The Balaban J connectivity index is 1.56. The number of nitro benzene ring substituents is 1. The van der Waals surface area contributed by atoms with Crippen molar-refractivity contribution >= 4 is 17.8 Å². The van der Waals surface area contributed by atoms with Gasteiger partial charge >= 0.3 is 0 Å². The maximum atomic E-state index is 12.3. The molecule has 30 heavy (non-hydrogen) atoms. The first kappa shape index (κ1) is 20.7. The molecule has 1 amide bonds. The van der Waals surface area contributed by atoms with E-state index in [4.69, 9.17) is 4.74 Å². The zero-order valence-electron chi connectivity index (χ0n) is 16.7. The second-order valence-electron chi connectivity index (χ2n) is 6.75. The summed E-state index contributed by atoms with van der Waals surface area (Å²) in [6.45, 7) is 4.05. The summed E-state index contributed by atoms with van der Waals surface area (Å²) in [5, 5.41) is 14.9. The molecule has 0 aliphatic carbocycles. The Morgan fingerprint density at radius 3 is 2.43 bits per heavy atom. The Kier molecular flexibility index (Phi) is 6.54. The number of rotatable bonds is 7. The third kappa shape index (κ3) is 5.29. The predicted molar refractivity (Wildman–Crippen MR) is 115 cm³/mol. The van der Waals surface area contributed by atoms with Crippen molar-refractivity contribution in [3.8, 4) is 5.75 Å². The first-order valence-corrected chi connectivity index (χ1v) is 9.30. The fourth-order valence-corrected chi connectivity index (χ4v) is 2.79. The van der Waals surface area contributed by atoms with Crippen LogP contribution in [0.15, 0.2) is 71.8 Å². The van der Waals surface area contributed by atoms with E-state index >= 15 is 0 Å². The molecule has 0 aliphatic rings. The topological polar surface area (TPSA) is 93.8 Å². The lowest BCUT2D eigenvalue weighted by atomic mass is 10.1. The molecule has 3 aromatic carbocycles. The number of carbonyl (C=O) groups is 1. The van der Waals surface area contributed by atoms with Crippen LogP contribution in [0.1, 0.15) is 32.6 Å². The molecule has 0 heterocycles. The Morgan fingerprint density at radius 1 is 1.07 bits per heavy atom. The zero-order chi connectivity index (χ0) is 21.5. The van der Waals surface area contributed by atoms with Crippen LogP contribution < -0.4 is 10.2 Å². The van der Waals surface area contributed by atoms with Gasteiger partial charge in [-0.1, -0.05) is 35.9 Å². The molecule has 0 atom stereocenters. The number of aryl methyl sites for hydroxylation is 1. The molecular formula is C23H21N3O4. The molecule has 3 rings (SSSR count). The summed E-state index contributed by atoms with van der Waals surface area (Å²) in [5.41, 5.74) is 5.86. The predicted octanol–water partition coefficient (Wildman–Crippen LogP) is 4.55. The fourth-order valence-electron chi connectivity index (χ4n) is 2.79. The van der Waals surface area contributed by atoms with Gasteiger partial charge in [0.15, 0.2) is 0 Å². The smallest absolute Gasteiger partial charge is 0.273 e. The molecule has 0 aliphatic heterocycles. The van der Waals surface area contributed by atoms with E-state index in [1.807, 2.05) is 55.5 Å². The Bertz CT molecular complexity index is 1070. The van der Waals surface area contributed by atoms with Gasteiger partial charge in [0.25, 0.3) is 11.6 Å². The largest absolute Gasteiger partial charge is 0.489 e. The molecule has 1 N–H and O–H groups in total. The average molecular weight is 403 g/mol. The first-order chi connectivity index (χ1) is 14.4. The van der Waals surface area contributed by atoms with E-state index in [-0.39, 0.29) is 11.3 Å². The number of ether oxygens (including phenoxy) is 1. The number of hydrogen-bond acceptors (Lipinski definition) is 5. The van der Waals surface area contributed by atoms with Crippen LogP contribution in [0.3, 0.4) is 0 Å². The molecular weight excluding hydrogens is 382 g/mol. The molecule has 0 fully saturated rings. The van der Waals surface area contributed by atoms with Crippen LogP contribution in [0.5, 0.6) is 5.75 Å². The van der Waals surface area contributed by atoms with Crippen molar-refractivity contribution in [2.45, 2.75) is 20.5 Å². The highest BCUT2D eigenvalue weighted by molar-refractivity contribution is 5.97. The average Bonchev–Trinajstić information content (AvgIpc) is 2.74. The van der Waals surface area contributed by atoms with E-state index in [0.717, 1.165) is 16.9 Å². The number of nitro groups is 1. The van der Waals surface area contributed by atoms with Gasteiger partial charge in [0.05, 0.1) is 16.7 Å². The minimum Gasteiger partial charge on any atom is -0.489 e. The molecule has 7 heteroatoms. The van der Waals surface area contributed by atoms with Gasteiger partial charge in [0.2, 0.25) is 0 Å². The molecule has 0 bridgehead atoms. The third-order valence-electron chi connectivity index (χ3n) is 4.53. The van der Waals surface area contributed by atoms with Crippen LogP contribution in [0.4, 0.5) is 5.69 Å². The van der Waals surface area contributed by atoms with Crippen LogP contribution in [-0.4, -0.2) is 17.0 Å². The number of nitrogens with zero attached hydrogens (tertiary/aromatic N) is 2. The molecule has 0 saturated heterocycles. The summed E-state index contributed by atoms with van der Waals surface area (Å²) in [6.07, 6.45) is 1.49. The fraction of sp³-hybridized carbons (Fsp3) is 0.130. The molecule has 0 aromatic heterocycles. The monoisotopic (exact) mass is 403 g/mol. The third-order valence-corrected chi connectivity index (χ3v) is 4.53. The number of benzene rings is 3. The Hall–Kier alpha value is -4.00. The van der Waals surface area contributed by atoms with Gasteiger partial charge in [-0.25, -0.2) is 5.43 Å². The highest BCUT2D eigenvalue weighted by Crippen LogP contribution is 2.21. The van der Waals surface area contributed by atoms with Gasteiger partial charge in [-0.15, -0.1) is 0 Å². The summed E-state index contributed by atoms with van der Waals surface area (Å²) in [5.74, 6) is 0.217. The van der Waals surface area contributed by atoms with Crippen molar-refractivity contribution in [1.82, 2.24) is 5.43 Å².